The van der Waals surface area contributed by atoms with E-state index in [-0.39, 0.29) is 22.9 Å². The maximum atomic E-state index is 13.9. The van der Waals surface area contributed by atoms with E-state index in [2.05, 4.69) is 22.0 Å². The van der Waals surface area contributed by atoms with Gasteiger partial charge in [0.15, 0.2) is 5.82 Å². The Kier molecular flexibility index (Phi) is 4.48. The summed E-state index contributed by atoms with van der Waals surface area (Å²) in [6.07, 6.45) is 3.29. The van der Waals surface area contributed by atoms with Crippen LogP contribution in [0.5, 0.6) is 0 Å². The first-order valence-electron chi connectivity index (χ1n) is 9.28. The highest BCUT2D eigenvalue weighted by molar-refractivity contribution is 5.94. The molecule has 6 heteroatoms. The summed E-state index contributed by atoms with van der Waals surface area (Å²) in [4.78, 5) is 20.2. The van der Waals surface area contributed by atoms with Gasteiger partial charge in [0.25, 0.3) is 5.91 Å². The average molecular weight is 369 g/mol. The van der Waals surface area contributed by atoms with Gasteiger partial charge in [-0.25, -0.2) is 4.39 Å². The molecule has 2 atom stereocenters. The predicted molar refractivity (Wildman–Crippen MR) is 99.9 cm³/mol. The maximum absolute atomic E-state index is 13.9. The predicted octanol–water partition coefficient (Wildman–Crippen LogP) is 2.37. The first-order valence-corrected chi connectivity index (χ1v) is 9.28. The minimum Gasteiger partial charge on any atom is -0.390 e. The number of benzene rings is 1. The number of carbonyl (C=O) groups is 1. The minimum atomic E-state index is -0.596. The maximum Gasteiger partial charge on any atom is 0.256 e. The Morgan fingerprint density at radius 1 is 1.26 bits per heavy atom. The van der Waals surface area contributed by atoms with Crippen LogP contribution in [-0.2, 0) is 5.41 Å². The van der Waals surface area contributed by atoms with Crippen molar-refractivity contribution < 1.29 is 14.3 Å². The van der Waals surface area contributed by atoms with Crippen molar-refractivity contribution in [2.24, 2.45) is 0 Å². The summed E-state index contributed by atoms with van der Waals surface area (Å²) >= 11 is 0. The summed E-state index contributed by atoms with van der Waals surface area (Å²) in [5, 5.41) is 11.2. The zero-order valence-electron chi connectivity index (χ0n) is 15.6. The van der Waals surface area contributed by atoms with Crippen LogP contribution in [0.25, 0.3) is 0 Å². The SMILES string of the molecule is CN(C)[C@@H]1c2ccccc2C2(CCN(C(=O)c3ccncc3F)CC2)[C@H]1O. The van der Waals surface area contributed by atoms with Crippen LogP contribution >= 0.6 is 0 Å². The molecule has 0 radical (unpaired) electrons. The van der Waals surface area contributed by atoms with E-state index in [1.807, 2.05) is 26.2 Å². The zero-order valence-corrected chi connectivity index (χ0v) is 15.6. The van der Waals surface area contributed by atoms with Gasteiger partial charge in [0, 0.05) is 24.7 Å². The number of halogens is 1. The lowest BCUT2D eigenvalue weighted by molar-refractivity contribution is -0.00152. The number of pyridine rings is 1. The molecule has 2 aliphatic rings. The molecule has 1 saturated heterocycles. The summed E-state index contributed by atoms with van der Waals surface area (Å²) in [5.74, 6) is -0.906. The lowest BCUT2D eigenvalue weighted by atomic mass is 9.72. The molecule has 4 rings (SSSR count). The third-order valence-corrected chi connectivity index (χ3v) is 6.18. The highest BCUT2D eigenvalue weighted by atomic mass is 19.1. The number of piperidine rings is 1. The monoisotopic (exact) mass is 369 g/mol. The number of likely N-dealkylation sites (N-methyl/N-ethyl adjacent to an activating group) is 1. The quantitative estimate of drug-likeness (QED) is 0.883. The number of carbonyl (C=O) groups excluding carboxylic acids is 1. The summed E-state index contributed by atoms with van der Waals surface area (Å²) in [7, 11) is 3.96. The molecule has 2 aromatic rings. The Morgan fingerprint density at radius 3 is 2.63 bits per heavy atom. The minimum absolute atomic E-state index is 0.0545. The van der Waals surface area contributed by atoms with Crippen LogP contribution in [0.4, 0.5) is 4.39 Å². The first-order chi connectivity index (χ1) is 13.0. The van der Waals surface area contributed by atoms with E-state index < -0.39 is 11.9 Å². The van der Waals surface area contributed by atoms with Crippen LogP contribution in [0.2, 0.25) is 0 Å². The molecule has 1 spiro atoms. The molecular formula is C21H24FN3O2. The highest BCUT2D eigenvalue weighted by Gasteiger charge is 2.53. The van der Waals surface area contributed by atoms with Crippen molar-refractivity contribution >= 4 is 5.91 Å². The highest BCUT2D eigenvalue weighted by Crippen LogP contribution is 2.52. The summed E-state index contributed by atoms with van der Waals surface area (Å²) < 4.78 is 13.9. The fraction of sp³-hybridized carbons (Fsp3) is 0.429. The summed E-state index contributed by atoms with van der Waals surface area (Å²) in [6.45, 7) is 0.984. The lowest BCUT2D eigenvalue weighted by Crippen LogP contribution is -2.50. The van der Waals surface area contributed by atoms with Gasteiger partial charge in [0.2, 0.25) is 0 Å². The van der Waals surface area contributed by atoms with Crippen molar-refractivity contribution in [2.45, 2.75) is 30.4 Å². The number of amides is 1. The van der Waals surface area contributed by atoms with Gasteiger partial charge in [-0.3, -0.25) is 9.78 Å². The number of nitrogens with zero attached hydrogens (tertiary/aromatic N) is 3. The van der Waals surface area contributed by atoms with Gasteiger partial charge in [0.05, 0.1) is 23.9 Å². The zero-order chi connectivity index (χ0) is 19.2. The van der Waals surface area contributed by atoms with Crippen molar-refractivity contribution in [3.63, 3.8) is 0 Å². The first kappa shape index (κ1) is 18.1. The number of aliphatic hydroxyl groups excluding tert-OH is 1. The van der Waals surface area contributed by atoms with Gasteiger partial charge >= 0.3 is 0 Å². The average Bonchev–Trinajstić information content (AvgIpc) is 2.91. The second-order valence-corrected chi connectivity index (χ2v) is 7.74. The van der Waals surface area contributed by atoms with E-state index in [1.54, 1.807) is 4.90 Å². The van der Waals surface area contributed by atoms with Crippen LogP contribution < -0.4 is 0 Å². The van der Waals surface area contributed by atoms with E-state index in [1.165, 1.54) is 17.8 Å². The van der Waals surface area contributed by atoms with Gasteiger partial charge in [-0.15, -0.1) is 0 Å². The number of hydrogen-bond donors (Lipinski definition) is 1. The van der Waals surface area contributed by atoms with Crippen molar-refractivity contribution in [3.8, 4) is 0 Å². The third-order valence-electron chi connectivity index (χ3n) is 6.18. The largest absolute Gasteiger partial charge is 0.390 e. The molecule has 1 aliphatic carbocycles. The molecule has 27 heavy (non-hydrogen) atoms. The topological polar surface area (TPSA) is 56.7 Å². The second-order valence-electron chi connectivity index (χ2n) is 7.74. The van der Waals surface area contributed by atoms with Crippen LogP contribution in [0.3, 0.4) is 0 Å². The Labute approximate surface area is 158 Å². The number of aromatic nitrogens is 1. The smallest absolute Gasteiger partial charge is 0.256 e. The van der Waals surface area contributed by atoms with E-state index in [0.29, 0.717) is 25.9 Å². The molecule has 1 fully saturated rings. The molecule has 1 aliphatic heterocycles. The normalized spacial score (nSPS) is 23.7. The Hall–Kier alpha value is -2.31. The van der Waals surface area contributed by atoms with Gasteiger partial charge in [0.1, 0.15) is 0 Å². The number of rotatable bonds is 2. The fourth-order valence-corrected chi connectivity index (χ4v) is 4.79. The van der Waals surface area contributed by atoms with Crippen molar-refractivity contribution in [3.05, 3.63) is 65.2 Å². The number of likely N-dealkylation sites (tertiary alicyclic amines) is 1. The van der Waals surface area contributed by atoms with Crippen LogP contribution in [-0.4, -0.2) is 59.1 Å². The molecule has 5 nitrogen and oxygen atoms in total. The molecule has 142 valence electrons. The second kappa shape index (κ2) is 6.69. The molecule has 2 heterocycles. The van der Waals surface area contributed by atoms with Gasteiger partial charge in [-0.1, -0.05) is 24.3 Å². The van der Waals surface area contributed by atoms with Gasteiger partial charge in [-0.2, -0.15) is 0 Å². The molecule has 0 bridgehead atoms. The van der Waals surface area contributed by atoms with Crippen molar-refractivity contribution in [1.82, 2.24) is 14.8 Å². The number of aliphatic hydroxyl groups is 1. The molecule has 1 N–H and O–H groups in total. The van der Waals surface area contributed by atoms with Crippen molar-refractivity contribution in [1.29, 1.82) is 0 Å². The molecule has 1 amide bonds. The van der Waals surface area contributed by atoms with Crippen LogP contribution in [0.1, 0.15) is 40.4 Å². The van der Waals surface area contributed by atoms with Crippen LogP contribution in [0, 0.1) is 5.82 Å². The lowest BCUT2D eigenvalue weighted by Gasteiger charge is -2.43. The fourth-order valence-electron chi connectivity index (χ4n) is 4.79. The summed E-state index contributed by atoms with van der Waals surface area (Å²) in [6, 6.07) is 9.57. The summed E-state index contributed by atoms with van der Waals surface area (Å²) in [5.41, 5.74) is 2.03. The van der Waals surface area contributed by atoms with Crippen molar-refractivity contribution in [2.75, 3.05) is 27.2 Å². The van der Waals surface area contributed by atoms with Crippen LogP contribution in [0.15, 0.2) is 42.7 Å². The Balaban J connectivity index is 1.60. The molecular weight excluding hydrogens is 345 g/mol. The van der Waals surface area contributed by atoms with E-state index in [4.69, 9.17) is 0 Å². The number of hydrogen-bond acceptors (Lipinski definition) is 4. The molecule has 0 saturated carbocycles. The third kappa shape index (κ3) is 2.75. The van der Waals surface area contributed by atoms with E-state index in [0.717, 1.165) is 11.8 Å². The standard InChI is InChI=1S/C21H24FN3O2/c1-24(2)18-14-5-3-4-6-16(14)21(19(18)26)8-11-25(12-9-21)20(27)15-7-10-23-13-17(15)22/h3-7,10,13,18-19,26H,8-9,11-12H2,1-2H3/t18-,19+/m1/s1. The Bertz CT molecular complexity index is 862. The molecule has 1 aromatic heterocycles. The number of fused-ring (bicyclic) bond motifs is 2. The van der Waals surface area contributed by atoms with Gasteiger partial charge in [-0.05, 0) is 44.1 Å². The van der Waals surface area contributed by atoms with E-state index >= 15 is 0 Å². The molecule has 0 unspecified atom stereocenters. The van der Waals surface area contributed by atoms with Gasteiger partial charge < -0.3 is 14.9 Å². The molecule has 1 aromatic carbocycles. The van der Waals surface area contributed by atoms with E-state index in [9.17, 15) is 14.3 Å². The Morgan fingerprint density at radius 2 is 1.96 bits per heavy atom.